The molecule has 0 spiro atoms. The molecule has 0 aliphatic carbocycles. The Morgan fingerprint density at radius 1 is 0.973 bits per heavy atom. The number of benzene rings is 2. The zero-order valence-electron chi connectivity index (χ0n) is 21.8. The van der Waals surface area contributed by atoms with Crippen molar-refractivity contribution in [3.8, 4) is 11.5 Å². The van der Waals surface area contributed by atoms with Crippen LogP contribution in [0.4, 0.5) is 4.39 Å². The van der Waals surface area contributed by atoms with Gasteiger partial charge < -0.3 is 18.8 Å². The summed E-state index contributed by atoms with van der Waals surface area (Å²) in [6.45, 7) is 6.22. The topological polar surface area (TPSA) is 52.9 Å². The lowest BCUT2D eigenvalue weighted by Crippen LogP contribution is -2.39. The summed E-state index contributed by atoms with van der Waals surface area (Å²) in [6.07, 6.45) is 5.33. The number of rotatable bonds is 11. The summed E-state index contributed by atoms with van der Waals surface area (Å²) in [4.78, 5) is 14.3. The van der Waals surface area contributed by atoms with Crippen LogP contribution in [-0.4, -0.2) is 48.5 Å². The third-order valence-corrected chi connectivity index (χ3v) is 7.02. The van der Waals surface area contributed by atoms with Gasteiger partial charge in [0.1, 0.15) is 18.0 Å². The molecule has 1 unspecified atom stereocenters. The number of aromatic nitrogens is 1. The SMILES string of the molecule is COC1(COc2ccccc2F)CCCN(Cc2ccc(OCCCn3cc(C)ccc3=O)cc2)CC1. The first kappa shape index (κ1) is 26.9. The molecule has 7 heteroatoms. The van der Waals surface area contributed by atoms with Crippen molar-refractivity contribution in [1.29, 1.82) is 0 Å². The number of methoxy groups -OCH3 is 1. The molecule has 0 saturated carbocycles. The van der Waals surface area contributed by atoms with E-state index in [0.29, 0.717) is 19.8 Å². The lowest BCUT2D eigenvalue weighted by atomic mass is 9.95. The van der Waals surface area contributed by atoms with Crippen LogP contribution in [0.2, 0.25) is 0 Å². The van der Waals surface area contributed by atoms with Gasteiger partial charge in [0.25, 0.3) is 5.56 Å². The fourth-order valence-electron chi connectivity index (χ4n) is 4.76. The molecule has 1 aliphatic rings. The molecular weight excluding hydrogens is 471 g/mol. The molecule has 2 aromatic carbocycles. The number of halogens is 1. The molecule has 1 aliphatic heterocycles. The van der Waals surface area contributed by atoms with Crippen molar-refractivity contribution >= 4 is 0 Å². The molecule has 1 atom stereocenters. The Labute approximate surface area is 218 Å². The first-order valence-corrected chi connectivity index (χ1v) is 13.0. The lowest BCUT2D eigenvalue weighted by molar-refractivity contribution is -0.0548. The summed E-state index contributed by atoms with van der Waals surface area (Å²) in [6, 6.07) is 18.2. The van der Waals surface area contributed by atoms with E-state index in [4.69, 9.17) is 14.2 Å². The number of hydrogen-bond donors (Lipinski definition) is 0. The highest BCUT2D eigenvalue weighted by Gasteiger charge is 2.34. The number of aryl methyl sites for hydroxylation is 2. The molecule has 1 fully saturated rings. The van der Waals surface area contributed by atoms with Gasteiger partial charge in [0, 0.05) is 39.0 Å². The second-order valence-electron chi connectivity index (χ2n) is 9.82. The predicted octanol–water partition coefficient (Wildman–Crippen LogP) is 5.22. The fraction of sp³-hybridized carbons (Fsp3) is 0.433. The monoisotopic (exact) mass is 508 g/mol. The van der Waals surface area contributed by atoms with Crippen LogP contribution < -0.4 is 15.0 Å². The first-order chi connectivity index (χ1) is 18.0. The highest BCUT2D eigenvalue weighted by Crippen LogP contribution is 2.29. The minimum absolute atomic E-state index is 0.0174. The Morgan fingerprint density at radius 3 is 2.57 bits per heavy atom. The van der Waals surface area contributed by atoms with Crippen molar-refractivity contribution in [2.45, 2.75) is 51.3 Å². The van der Waals surface area contributed by atoms with Crippen molar-refractivity contribution in [1.82, 2.24) is 9.47 Å². The maximum absolute atomic E-state index is 14.0. The summed E-state index contributed by atoms with van der Waals surface area (Å²) in [5, 5.41) is 0. The number of likely N-dealkylation sites (tertiary alicyclic amines) is 1. The highest BCUT2D eigenvalue weighted by atomic mass is 19.1. The van der Waals surface area contributed by atoms with E-state index in [1.807, 2.05) is 31.3 Å². The molecule has 2 heterocycles. The van der Waals surface area contributed by atoms with E-state index in [9.17, 15) is 9.18 Å². The molecule has 198 valence electrons. The van der Waals surface area contributed by atoms with Gasteiger partial charge in [-0.15, -0.1) is 0 Å². The predicted molar refractivity (Wildman–Crippen MR) is 143 cm³/mol. The van der Waals surface area contributed by atoms with Gasteiger partial charge in [-0.05, 0) is 74.5 Å². The molecule has 1 saturated heterocycles. The van der Waals surface area contributed by atoms with Gasteiger partial charge >= 0.3 is 0 Å². The van der Waals surface area contributed by atoms with Crippen molar-refractivity contribution < 1.29 is 18.6 Å². The minimum atomic E-state index is -0.418. The molecule has 6 nitrogen and oxygen atoms in total. The van der Waals surface area contributed by atoms with Gasteiger partial charge in [0.15, 0.2) is 11.6 Å². The molecule has 37 heavy (non-hydrogen) atoms. The summed E-state index contributed by atoms with van der Waals surface area (Å²) in [5.41, 5.74) is 1.90. The Kier molecular flexibility index (Phi) is 9.36. The van der Waals surface area contributed by atoms with Gasteiger partial charge in [-0.1, -0.05) is 30.3 Å². The Balaban J connectivity index is 1.23. The molecule has 0 amide bonds. The van der Waals surface area contributed by atoms with E-state index in [-0.39, 0.29) is 17.1 Å². The zero-order chi connectivity index (χ0) is 26.1. The number of nitrogens with zero attached hydrogens (tertiary/aromatic N) is 2. The summed E-state index contributed by atoms with van der Waals surface area (Å²) < 4.78 is 33.3. The van der Waals surface area contributed by atoms with Crippen LogP contribution in [-0.2, 0) is 17.8 Å². The molecule has 4 rings (SSSR count). The molecule has 0 bridgehead atoms. The Bertz CT molecular complexity index is 1200. The van der Waals surface area contributed by atoms with Gasteiger partial charge in [-0.25, -0.2) is 4.39 Å². The van der Waals surface area contributed by atoms with E-state index in [2.05, 4.69) is 17.0 Å². The zero-order valence-corrected chi connectivity index (χ0v) is 21.8. The third-order valence-electron chi connectivity index (χ3n) is 7.02. The average molecular weight is 509 g/mol. The van der Waals surface area contributed by atoms with E-state index < -0.39 is 5.60 Å². The van der Waals surface area contributed by atoms with Crippen LogP contribution in [0.5, 0.6) is 11.5 Å². The molecule has 1 aromatic heterocycles. The third kappa shape index (κ3) is 7.66. The quantitative estimate of drug-likeness (QED) is 0.333. The number of hydrogen-bond acceptors (Lipinski definition) is 5. The van der Waals surface area contributed by atoms with E-state index in [0.717, 1.165) is 56.6 Å². The number of pyridine rings is 1. The van der Waals surface area contributed by atoms with E-state index >= 15 is 0 Å². The normalized spacial score (nSPS) is 18.4. The fourth-order valence-corrected chi connectivity index (χ4v) is 4.76. The average Bonchev–Trinajstić information content (AvgIpc) is 3.11. The van der Waals surface area contributed by atoms with Gasteiger partial charge in [0.2, 0.25) is 0 Å². The van der Waals surface area contributed by atoms with Crippen LogP contribution in [0, 0.1) is 12.7 Å². The van der Waals surface area contributed by atoms with Crippen molar-refractivity contribution in [3.63, 3.8) is 0 Å². The van der Waals surface area contributed by atoms with E-state index in [1.54, 1.807) is 35.9 Å². The Morgan fingerprint density at radius 2 is 1.78 bits per heavy atom. The van der Waals surface area contributed by atoms with Crippen LogP contribution in [0.1, 0.15) is 36.8 Å². The molecule has 3 aromatic rings. The van der Waals surface area contributed by atoms with Crippen LogP contribution >= 0.6 is 0 Å². The largest absolute Gasteiger partial charge is 0.494 e. The molecule has 0 radical (unpaired) electrons. The maximum Gasteiger partial charge on any atom is 0.250 e. The van der Waals surface area contributed by atoms with Crippen molar-refractivity contribution in [3.05, 3.63) is 94.2 Å². The number of para-hydroxylation sites is 1. The van der Waals surface area contributed by atoms with Gasteiger partial charge in [-0.3, -0.25) is 9.69 Å². The smallest absolute Gasteiger partial charge is 0.250 e. The van der Waals surface area contributed by atoms with Gasteiger partial charge in [-0.2, -0.15) is 0 Å². The standard InChI is InChI=1S/C30H37FN2O4/c1-24-9-14-29(34)33(21-24)18-6-20-36-26-12-10-25(11-13-26)22-32-17-5-15-30(35-2,16-19-32)23-37-28-8-4-3-7-27(28)31/h3-4,7-14,21H,5-6,15-20,22-23H2,1-2H3. The van der Waals surface area contributed by atoms with Crippen LogP contribution in [0.25, 0.3) is 0 Å². The first-order valence-electron chi connectivity index (χ1n) is 13.0. The summed E-state index contributed by atoms with van der Waals surface area (Å²) in [5.74, 6) is 0.754. The molecule has 0 N–H and O–H groups in total. The maximum atomic E-state index is 14.0. The second-order valence-corrected chi connectivity index (χ2v) is 9.82. The lowest BCUT2D eigenvalue weighted by Gasteiger charge is -2.31. The van der Waals surface area contributed by atoms with Crippen LogP contribution in [0.15, 0.2) is 71.7 Å². The summed E-state index contributed by atoms with van der Waals surface area (Å²) in [7, 11) is 1.72. The van der Waals surface area contributed by atoms with Crippen molar-refractivity contribution in [2.24, 2.45) is 0 Å². The number of ether oxygens (including phenoxy) is 3. The second kappa shape index (κ2) is 12.9. The van der Waals surface area contributed by atoms with Gasteiger partial charge in [0.05, 0.1) is 6.61 Å². The highest BCUT2D eigenvalue weighted by molar-refractivity contribution is 5.27. The molecular formula is C30H37FN2O4. The Hall–Kier alpha value is -3.16. The van der Waals surface area contributed by atoms with Crippen LogP contribution in [0.3, 0.4) is 0 Å². The summed E-state index contributed by atoms with van der Waals surface area (Å²) >= 11 is 0. The van der Waals surface area contributed by atoms with E-state index in [1.165, 1.54) is 11.6 Å². The minimum Gasteiger partial charge on any atom is -0.494 e. The van der Waals surface area contributed by atoms with Crippen molar-refractivity contribution in [2.75, 3.05) is 33.4 Å².